The minimum absolute atomic E-state index is 0.283. The molecule has 0 atom stereocenters. The van der Waals surface area contributed by atoms with E-state index in [-0.39, 0.29) is 6.42 Å². The maximum Gasteiger partial charge on any atom is 0.410 e. The Morgan fingerprint density at radius 3 is 2.35 bits per heavy atom. The smallest absolute Gasteiger partial charge is 0.410 e. The molecule has 0 heterocycles. The summed E-state index contributed by atoms with van der Waals surface area (Å²) in [5, 5.41) is 3.04. The Balaban J connectivity index is 2.11. The van der Waals surface area contributed by atoms with Gasteiger partial charge in [-0.15, -0.1) is 0 Å². The highest BCUT2D eigenvalue weighted by Crippen LogP contribution is 2.28. The summed E-state index contributed by atoms with van der Waals surface area (Å²) in [6.07, 6.45) is 1.33. The summed E-state index contributed by atoms with van der Waals surface area (Å²) in [5.74, 6) is 0. The zero-order valence-electron chi connectivity index (χ0n) is 15.2. The van der Waals surface area contributed by atoms with E-state index in [0.29, 0.717) is 29.6 Å². The minimum Gasteiger partial charge on any atom is -0.444 e. The zero-order chi connectivity index (χ0) is 19.3. The standard InChI is InChI=1S/C20H23Cl2NO3/c1-20(2,3)26-19(25)23(8-4-10-24)9-7-14-5-6-15-12-17(21)18(22)13-16(15)11-14/h5-6,10-13H,4,7-9H2,1-3H3. The molecule has 26 heavy (non-hydrogen) atoms. The normalized spacial score (nSPS) is 11.4. The third kappa shape index (κ3) is 5.89. The van der Waals surface area contributed by atoms with E-state index in [1.165, 1.54) is 0 Å². The van der Waals surface area contributed by atoms with Gasteiger partial charge in [0.2, 0.25) is 0 Å². The van der Waals surface area contributed by atoms with Crippen molar-refractivity contribution < 1.29 is 14.3 Å². The predicted octanol–water partition coefficient (Wildman–Crippen LogP) is 5.52. The van der Waals surface area contributed by atoms with Gasteiger partial charge >= 0.3 is 6.09 Å². The maximum absolute atomic E-state index is 12.3. The number of carbonyl (C=O) groups is 2. The van der Waals surface area contributed by atoms with Crippen molar-refractivity contribution in [2.24, 2.45) is 0 Å². The molecule has 6 heteroatoms. The van der Waals surface area contributed by atoms with Crippen LogP contribution in [0.1, 0.15) is 32.8 Å². The van der Waals surface area contributed by atoms with Crippen LogP contribution in [-0.4, -0.2) is 36.0 Å². The van der Waals surface area contributed by atoms with Crippen LogP contribution in [0.15, 0.2) is 30.3 Å². The van der Waals surface area contributed by atoms with Crippen LogP contribution in [0.3, 0.4) is 0 Å². The average molecular weight is 396 g/mol. The van der Waals surface area contributed by atoms with Gasteiger partial charge in [0.25, 0.3) is 0 Å². The van der Waals surface area contributed by atoms with Gasteiger partial charge in [-0.05, 0) is 55.7 Å². The van der Waals surface area contributed by atoms with Gasteiger partial charge in [-0.3, -0.25) is 0 Å². The lowest BCUT2D eigenvalue weighted by molar-refractivity contribution is -0.108. The van der Waals surface area contributed by atoms with Gasteiger partial charge in [-0.1, -0.05) is 41.4 Å². The number of hydrogen-bond acceptors (Lipinski definition) is 3. The topological polar surface area (TPSA) is 46.6 Å². The van der Waals surface area contributed by atoms with Crippen LogP contribution in [0, 0.1) is 0 Å². The number of aldehydes is 1. The highest BCUT2D eigenvalue weighted by atomic mass is 35.5. The van der Waals surface area contributed by atoms with Gasteiger partial charge in [-0.2, -0.15) is 0 Å². The molecule has 0 bridgehead atoms. The van der Waals surface area contributed by atoms with Gasteiger partial charge < -0.3 is 14.4 Å². The molecule has 0 fully saturated rings. The highest BCUT2D eigenvalue weighted by molar-refractivity contribution is 6.42. The van der Waals surface area contributed by atoms with E-state index in [2.05, 4.69) is 0 Å². The molecule has 140 valence electrons. The Kier molecular flexibility index (Phi) is 6.90. The number of nitrogens with zero attached hydrogens (tertiary/aromatic N) is 1. The number of benzene rings is 2. The first kappa shape index (κ1) is 20.5. The lowest BCUT2D eigenvalue weighted by Gasteiger charge is -2.27. The molecule has 0 aromatic heterocycles. The van der Waals surface area contributed by atoms with E-state index in [9.17, 15) is 9.59 Å². The Bertz CT molecular complexity index is 799. The average Bonchev–Trinajstić information content (AvgIpc) is 2.54. The summed E-state index contributed by atoms with van der Waals surface area (Å²) in [6, 6.07) is 9.68. The van der Waals surface area contributed by atoms with Gasteiger partial charge in [0.1, 0.15) is 11.9 Å². The second kappa shape index (κ2) is 8.74. The number of amides is 1. The fraction of sp³-hybridized carbons (Fsp3) is 0.400. The van der Waals surface area contributed by atoms with Crippen molar-refractivity contribution in [2.75, 3.05) is 13.1 Å². The van der Waals surface area contributed by atoms with E-state index < -0.39 is 11.7 Å². The number of hydrogen-bond donors (Lipinski definition) is 0. The lowest BCUT2D eigenvalue weighted by Crippen LogP contribution is -2.38. The fourth-order valence-electron chi connectivity index (χ4n) is 2.54. The summed E-state index contributed by atoms with van der Waals surface area (Å²) >= 11 is 12.1. The molecule has 0 spiro atoms. The summed E-state index contributed by atoms with van der Waals surface area (Å²) in [5.41, 5.74) is 0.491. The predicted molar refractivity (Wildman–Crippen MR) is 106 cm³/mol. The number of ether oxygens (including phenoxy) is 1. The Morgan fingerprint density at radius 1 is 1.08 bits per heavy atom. The molecule has 2 rings (SSSR count). The number of halogens is 2. The summed E-state index contributed by atoms with van der Waals surface area (Å²) in [6.45, 7) is 6.27. The van der Waals surface area contributed by atoms with Crippen LogP contribution in [0.2, 0.25) is 10.0 Å². The molecule has 0 saturated carbocycles. The first-order valence-corrected chi connectivity index (χ1v) is 9.24. The van der Waals surface area contributed by atoms with Crippen LogP contribution >= 0.6 is 23.2 Å². The molecule has 0 aliphatic rings. The lowest BCUT2D eigenvalue weighted by atomic mass is 10.0. The van der Waals surface area contributed by atoms with E-state index in [4.69, 9.17) is 27.9 Å². The molecular weight excluding hydrogens is 373 g/mol. The van der Waals surface area contributed by atoms with Gasteiger partial charge in [0.15, 0.2) is 0 Å². The van der Waals surface area contributed by atoms with Crippen LogP contribution in [-0.2, 0) is 16.0 Å². The van der Waals surface area contributed by atoms with Crippen LogP contribution in [0.5, 0.6) is 0 Å². The molecule has 2 aromatic carbocycles. The molecule has 4 nitrogen and oxygen atoms in total. The molecule has 2 aromatic rings. The van der Waals surface area contributed by atoms with Crippen molar-refractivity contribution >= 4 is 46.4 Å². The van der Waals surface area contributed by atoms with Crippen LogP contribution in [0.4, 0.5) is 4.79 Å². The van der Waals surface area contributed by atoms with E-state index in [1.807, 2.05) is 51.1 Å². The summed E-state index contributed by atoms with van der Waals surface area (Å²) in [7, 11) is 0. The zero-order valence-corrected chi connectivity index (χ0v) is 16.7. The monoisotopic (exact) mass is 395 g/mol. The second-order valence-electron chi connectivity index (χ2n) is 7.12. The van der Waals surface area contributed by atoms with E-state index >= 15 is 0 Å². The van der Waals surface area contributed by atoms with E-state index in [1.54, 1.807) is 4.90 Å². The number of fused-ring (bicyclic) bond motifs is 1. The van der Waals surface area contributed by atoms with Crippen molar-refractivity contribution in [1.82, 2.24) is 4.90 Å². The van der Waals surface area contributed by atoms with Gasteiger partial charge in [0.05, 0.1) is 10.0 Å². The highest BCUT2D eigenvalue weighted by Gasteiger charge is 2.21. The van der Waals surface area contributed by atoms with Crippen molar-refractivity contribution in [1.29, 1.82) is 0 Å². The fourth-order valence-corrected chi connectivity index (χ4v) is 2.88. The van der Waals surface area contributed by atoms with Crippen LogP contribution in [0.25, 0.3) is 10.8 Å². The van der Waals surface area contributed by atoms with Crippen molar-refractivity contribution in [2.45, 2.75) is 39.2 Å². The number of rotatable bonds is 6. The third-order valence-corrected chi connectivity index (χ3v) is 4.50. The Labute approximate surface area is 164 Å². The molecular formula is C20H23Cl2NO3. The van der Waals surface area contributed by atoms with Crippen molar-refractivity contribution in [3.8, 4) is 0 Å². The maximum atomic E-state index is 12.3. The SMILES string of the molecule is CC(C)(C)OC(=O)N(CCC=O)CCc1ccc2cc(Cl)c(Cl)cc2c1. The minimum atomic E-state index is -0.574. The molecule has 0 radical (unpaired) electrons. The Hall–Kier alpha value is -1.78. The van der Waals surface area contributed by atoms with Crippen molar-refractivity contribution in [3.05, 3.63) is 45.9 Å². The third-order valence-electron chi connectivity index (χ3n) is 3.78. The quantitative estimate of drug-likeness (QED) is 0.605. The largest absolute Gasteiger partial charge is 0.444 e. The molecule has 0 N–H and O–H groups in total. The molecule has 0 saturated heterocycles. The van der Waals surface area contributed by atoms with Gasteiger partial charge in [0, 0.05) is 19.5 Å². The molecule has 1 amide bonds. The van der Waals surface area contributed by atoms with Crippen LogP contribution < -0.4 is 0 Å². The second-order valence-corrected chi connectivity index (χ2v) is 7.93. The molecule has 0 aliphatic heterocycles. The first-order chi connectivity index (χ1) is 12.2. The van der Waals surface area contributed by atoms with Crippen molar-refractivity contribution in [3.63, 3.8) is 0 Å². The van der Waals surface area contributed by atoms with Gasteiger partial charge in [-0.25, -0.2) is 4.79 Å². The summed E-state index contributed by atoms with van der Waals surface area (Å²) < 4.78 is 5.42. The first-order valence-electron chi connectivity index (χ1n) is 8.49. The molecule has 0 unspecified atom stereocenters. The molecule has 0 aliphatic carbocycles. The number of carbonyl (C=O) groups excluding carboxylic acids is 2. The summed E-state index contributed by atoms with van der Waals surface area (Å²) in [4.78, 5) is 24.6. The Morgan fingerprint density at radius 2 is 1.73 bits per heavy atom. The van der Waals surface area contributed by atoms with E-state index in [0.717, 1.165) is 22.6 Å².